The van der Waals surface area contributed by atoms with E-state index >= 15 is 0 Å². The number of nitrogens with one attached hydrogen (secondary N) is 1. The highest BCUT2D eigenvalue weighted by molar-refractivity contribution is 5.02. The quantitative estimate of drug-likeness (QED) is 0.678. The van der Waals surface area contributed by atoms with Gasteiger partial charge in [0.15, 0.2) is 0 Å². The maximum absolute atomic E-state index is 3.86. The van der Waals surface area contributed by atoms with Gasteiger partial charge in [-0.15, -0.1) is 0 Å². The summed E-state index contributed by atoms with van der Waals surface area (Å²) in [5.74, 6) is 0.806. The average Bonchev–Trinajstić information content (AvgIpc) is 2.97. The molecule has 0 bridgehead atoms. The van der Waals surface area contributed by atoms with Gasteiger partial charge in [-0.3, -0.25) is 4.90 Å². The van der Waals surface area contributed by atoms with Gasteiger partial charge in [0.1, 0.15) is 0 Å². The third-order valence-corrected chi connectivity index (χ3v) is 5.48. The molecule has 2 nitrogen and oxygen atoms in total. The molecule has 0 aromatic rings. The van der Waals surface area contributed by atoms with Gasteiger partial charge in [-0.25, -0.2) is 0 Å². The third kappa shape index (κ3) is 3.52. The molecule has 0 aromatic heterocycles. The van der Waals surface area contributed by atoms with Gasteiger partial charge in [0.2, 0.25) is 0 Å². The Kier molecular flexibility index (Phi) is 7.38. The van der Waals surface area contributed by atoms with Crippen LogP contribution in [0.25, 0.3) is 0 Å². The zero-order valence-electron chi connectivity index (χ0n) is 14.0. The highest BCUT2D eigenvalue weighted by Gasteiger charge is 2.43. The van der Waals surface area contributed by atoms with Gasteiger partial charge in [-0.2, -0.15) is 0 Å². The van der Waals surface area contributed by atoms with Crippen molar-refractivity contribution in [3.8, 4) is 0 Å². The normalized spacial score (nSPS) is 19.3. The van der Waals surface area contributed by atoms with E-state index in [0.29, 0.717) is 11.6 Å². The van der Waals surface area contributed by atoms with Crippen LogP contribution >= 0.6 is 0 Å². The van der Waals surface area contributed by atoms with Crippen LogP contribution in [0, 0.1) is 5.92 Å². The maximum atomic E-state index is 3.86. The van der Waals surface area contributed by atoms with Crippen molar-refractivity contribution in [2.24, 2.45) is 5.92 Å². The predicted octanol–water partition coefficient (Wildman–Crippen LogP) is 4.06. The van der Waals surface area contributed by atoms with E-state index in [1.807, 2.05) is 0 Å². The lowest BCUT2D eigenvalue weighted by Gasteiger charge is -2.50. The van der Waals surface area contributed by atoms with Crippen molar-refractivity contribution < 1.29 is 0 Å². The van der Waals surface area contributed by atoms with Crippen molar-refractivity contribution in [2.45, 2.75) is 84.7 Å². The van der Waals surface area contributed by atoms with Crippen molar-refractivity contribution in [2.75, 3.05) is 19.6 Å². The van der Waals surface area contributed by atoms with Crippen molar-refractivity contribution in [1.82, 2.24) is 10.2 Å². The molecule has 0 saturated carbocycles. The standard InChI is InChI=1S/C17H36N2/c1-6-15(7-2)16(18-10-5)17(8-3,9-4)19-13-11-12-14-19/h15-16,18H,6-14H2,1-5H3. The third-order valence-electron chi connectivity index (χ3n) is 5.48. The molecule has 1 atom stereocenters. The Hall–Kier alpha value is -0.0800. The van der Waals surface area contributed by atoms with E-state index in [9.17, 15) is 0 Å². The summed E-state index contributed by atoms with van der Waals surface area (Å²) >= 11 is 0. The Labute approximate surface area is 121 Å². The van der Waals surface area contributed by atoms with Crippen LogP contribution in [0.2, 0.25) is 0 Å². The number of rotatable bonds is 9. The number of hydrogen-bond donors (Lipinski definition) is 1. The molecule has 114 valence electrons. The number of hydrogen-bond acceptors (Lipinski definition) is 2. The summed E-state index contributed by atoms with van der Waals surface area (Å²) in [6.07, 6.45) is 7.93. The molecule has 1 rings (SSSR count). The highest BCUT2D eigenvalue weighted by atomic mass is 15.2. The fourth-order valence-corrected chi connectivity index (χ4v) is 4.27. The van der Waals surface area contributed by atoms with E-state index in [-0.39, 0.29) is 0 Å². The molecule has 0 amide bonds. The van der Waals surface area contributed by atoms with E-state index in [0.717, 1.165) is 12.5 Å². The SMILES string of the molecule is CCNC(C(CC)CC)C(CC)(CC)N1CCCC1. The largest absolute Gasteiger partial charge is 0.312 e. The first kappa shape index (κ1) is 17.0. The van der Waals surface area contributed by atoms with Crippen molar-refractivity contribution in [3.05, 3.63) is 0 Å². The molecule has 1 saturated heterocycles. The molecule has 1 fully saturated rings. The Morgan fingerprint density at radius 1 is 0.947 bits per heavy atom. The minimum absolute atomic E-state index is 0.378. The predicted molar refractivity (Wildman–Crippen MR) is 85.7 cm³/mol. The second-order valence-electron chi connectivity index (χ2n) is 6.12. The first-order chi connectivity index (χ1) is 9.19. The van der Waals surface area contributed by atoms with Crippen molar-refractivity contribution in [1.29, 1.82) is 0 Å². The monoisotopic (exact) mass is 268 g/mol. The summed E-state index contributed by atoms with van der Waals surface area (Å²) in [4.78, 5) is 2.80. The van der Waals surface area contributed by atoms with E-state index in [2.05, 4.69) is 44.8 Å². The number of likely N-dealkylation sites (N-methyl/N-ethyl adjacent to an activating group) is 1. The summed E-state index contributed by atoms with van der Waals surface area (Å²) in [5, 5.41) is 3.86. The van der Waals surface area contributed by atoms with Crippen LogP contribution in [0.15, 0.2) is 0 Å². The average molecular weight is 268 g/mol. The first-order valence-electron chi connectivity index (χ1n) is 8.68. The summed E-state index contributed by atoms with van der Waals surface area (Å²) in [6, 6.07) is 0.653. The van der Waals surface area contributed by atoms with Crippen LogP contribution in [0.4, 0.5) is 0 Å². The van der Waals surface area contributed by atoms with Crippen LogP contribution in [0.3, 0.4) is 0 Å². The molecule has 1 aliphatic heterocycles. The minimum atomic E-state index is 0.378. The van der Waals surface area contributed by atoms with Crippen LogP contribution in [-0.2, 0) is 0 Å². The first-order valence-corrected chi connectivity index (χ1v) is 8.68. The molecular formula is C17H36N2. The molecule has 1 unspecified atom stereocenters. The van der Waals surface area contributed by atoms with Gasteiger partial charge in [0.25, 0.3) is 0 Å². The van der Waals surface area contributed by atoms with Gasteiger partial charge in [0.05, 0.1) is 0 Å². The van der Waals surface area contributed by atoms with Crippen molar-refractivity contribution in [3.63, 3.8) is 0 Å². The fourth-order valence-electron chi connectivity index (χ4n) is 4.27. The molecule has 1 heterocycles. The van der Waals surface area contributed by atoms with Crippen LogP contribution in [0.5, 0.6) is 0 Å². The lowest BCUT2D eigenvalue weighted by molar-refractivity contribution is 0.0358. The molecule has 19 heavy (non-hydrogen) atoms. The smallest absolute Gasteiger partial charge is 0.0359 e. The molecule has 0 aromatic carbocycles. The molecule has 1 aliphatic rings. The van der Waals surface area contributed by atoms with E-state index in [1.54, 1.807) is 0 Å². The summed E-state index contributed by atoms with van der Waals surface area (Å²) < 4.78 is 0. The van der Waals surface area contributed by atoms with Crippen molar-refractivity contribution >= 4 is 0 Å². The van der Waals surface area contributed by atoms with Gasteiger partial charge in [0, 0.05) is 11.6 Å². The van der Waals surface area contributed by atoms with Crippen LogP contribution in [0.1, 0.15) is 73.1 Å². The Bertz CT molecular complexity index is 225. The van der Waals surface area contributed by atoms with E-state index in [4.69, 9.17) is 0 Å². The lowest BCUT2D eigenvalue weighted by atomic mass is 9.74. The van der Waals surface area contributed by atoms with E-state index in [1.165, 1.54) is 51.6 Å². The Morgan fingerprint density at radius 2 is 1.47 bits per heavy atom. The molecule has 0 aliphatic carbocycles. The van der Waals surface area contributed by atoms with Gasteiger partial charge < -0.3 is 5.32 Å². The second-order valence-corrected chi connectivity index (χ2v) is 6.12. The minimum Gasteiger partial charge on any atom is -0.312 e. The highest BCUT2D eigenvalue weighted by Crippen LogP contribution is 2.36. The zero-order valence-corrected chi connectivity index (χ0v) is 14.0. The van der Waals surface area contributed by atoms with Crippen LogP contribution in [-0.4, -0.2) is 36.1 Å². The second kappa shape index (κ2) is 8.26. The van der Waals surface area contributed by atoms with Gasteiger partial charge >= 0.3 is 0 Å². The Morgan fingerprint density at radius 3 is 1.84 bits per heavy atom. The molecule has 0 radical (unpaired) electrons. The van der Waals surface area contributed by atoms with Crippen LogP contribution < -0.4 is 5.32 Å². The van der Waals surface area contributed by atoms with E-state index < -0.39 is 0 Å². The summed E-state index contributed by atoms with van der Waals surface area (Å²) in [6.45, 7) is 15.5. The number of nitrogens with zero attached hydrogens (tertiary/aromatic N) is 1. The molecular weight excluding hydrogens is 232 g/mol. The van der Waals surface area contributed by atoms with Gasteiger partial charge in [-0.1, -0.05) is 47.5 Å². The van der Waals surface area contributed by atoms with Gasteiger partial charge in [-0.05, 0) is 51.2 Å². The topological polar surface area (TPSA) is 15.3 Å². The molecule has 0 spiro atoms. The summed E-state index contributed by atoms with van der Waals surface area (Å²) in [7, 11) is 0. The maximum Gasteiger partial charge on any atom is 0.0359 e. The Balaban J connectivity index is 3.01. The zero-order chi connectivity index (χ0) is 14.3. The number of likely N-dealkylation sites (tertiary alicyclic amines) is 1. The molecule has 1 N–H and O–H groups in total. The summed E-state index contributed by atoms with van der Waals surface area (Å²) in [5.41, 5.74) is 0.378. The fraction of sp³-hybridized carbons (Fsp3) is 1.00. The molecule has 2 heteroatoms. The lowest BCUT2D eigenvalue weighted by Crippen LogP contribution is -2.62.